The quantitative estimate of drug-likeness (QED) is 0.219. The van der Waals surface area contributed by atoms with Crippen molar-refractivity contribution in [1.29, 1.82) is 0 Å². The number of allylic oxidation sites excluding steroid dienone is 1. The predicted molar refractivity (Wildman–Crippen MR) is 158 cm³/mol. The Morgan fingerprint density at radius 3 is 1.65 bits per heavy atom. The number of ether oxygens (including phenoxy) is 1. The van der Waals surface area contributed by atoms with Gasteiger partial charge in [0.05, 0.1) is 35.0 Å². The number of nitrogens with zero attached hydrogens (tertiary/aromatic N) is 2. The minimum absolute atomic E-state index is 0.145. The Labute approximate surface area is 256 Å². The first kappa shape index (κ1) is 27.6. The summed E-state index contributed by atoms with van der Waals surface area (Å²) in [5.41, 5.74) is -0.356. The molecular weight excluding hydrogens is 591 g/mol. The van der Waals surface area contributed by atoms with E-state index < -0.39 is 64.6 Å². The Hall–Kier alpha value is -4.27. The largest absolute Gasteiger partial charge is 0.423 e. The summed E-state index contributed by atoms with van der Waals surface area (Å²) in [6.45, 7) is 3.33. The molecule has 3 fully saturated rings. The van der Waals surface area contributed by atoms with Crippen molar-refractivity contribution in [3.8, 4) is 5.75 Å². The first-order valence-corrected chi connectivity index (χ1v) is 14.6. The van der Waals surface area contributed by atoms with Crippen LogP contribution in [0.4, 0.5) is 11.4 Å². The molecule has 5 aliphatic rings. The zero-order chi connectivity index (χ0) is 30.4. The Bertz CT molecular complexity index is 1710. The van der Waals surface area contributed by atoms with Crippen LogP contribution in [0, 0.1) is 35.0 Å². The third-order valence-corrected chi connectivity index (χ3v) is 9.96. The number of imide groups is 2. The molecule has 2 heterocycles. The van der Waals surface area contributed by atoms with Crippen LogP contribution >= 0.6 is 23.2 Å². The maximum absolute atomic E-state index is 14.3. The lowest BCUT2D eigenvalue weighted by atomic mass is 9.43. The van der Waals surface area contributed by atoms with Gasteiger partial charge < -0.3 is 4.74 Å². The summed E-state index contributed by atoms with van der Waals surface area (Å²) in [7, 11) is 0. The Kier molecular flexibility index (Phi) is 6.17. The fourth-order valence-electron chi connectivity index (χ4n) is 7.99. The van der Waals surface area contributed by atoms with Crippen molar-refractivity contribution in [2.45, 2.75) is 13.8 Å². The van der Waals surface area contributed by atoms with Gasteiger partial charge in [0, 0.05) is 27.0 Å². The molecule has 2 saturated heterocycles. The topological polar surface area (TPSA) is 101 Å². The van der Waals surface area contributed by atoms with Crippen LogP contribution in [0.3, 0.4) is 0 Å². The SMILES string of the molecule is CC1=C(C(=O)Oc2ccccc2)C2(C)[C@H]3C(=O)N(c4cccc(Cl)c4)C(=O)[C@@H]3C1[C@@H]1C(=O)N(c3cccc(Cl)c3)C(=O)[C@@H]12. The highest BCUT2D eigenvalue weighted by atomic mass is 35.5. The van der Waals surface area contributed by atoms with Gasteiger partial charge in [-0.25, -0.2) is 14.6 Å². The van der Waals surface area contributed by atoms with Gasteiger partial charge in [0.15, 0.2) is 0 Å². The predicted octanol–water partition coefficient (Wildman–Crippen LogP) is 5.48. The number of para-hydroxylation sites is 1. The van der Waals surface area contributed by atoms with E-state index in [-0.39, 0.29) is 22.7 Å². The van der Waals surface area contributed by atoms with Crippen molar-refractivity contribution in [2.24, 2.45) is 35.0 Å². The first-order chi connectivity index (χ1) is 20.6. The van der Waals surface area contributed by atoms with Gasteiger partial charge in [-0.05, 0) is 55.5 Å². The number of hydrogen-bond acceptors (Lipinski definition) is 6. The summed E-state index contributed by atoms with van der Waals surface area (Å²) >= 11 is 12.4. The van der Waals surface area contributed by atoms with Crippen LogP contribution in [0.25, 0.3) is 0 Å². The van der Waals surface area contributed by atoms with Gasteiger partial charge in [-0.15, -0.1) is 0 Å². The Morgan fingerprint density at radius 2 is 1.19 bits per heavy atom. The van der Waals surface area contributed by atoms with Crippen molar-refractivity contribution < 1.29 is 28.7 Å². The molecule has 3 aliphatic carbocycles. The monoisotopic (exact) mass is 614 g/mol. The number of anilines is 2. The van der Waals surface area contributed by atoms with E-state index in [4.69, 9.17) is 27.9 Å². The normalized spacial score (nSPS) is 29.3. The van der Waals surface area contributed by atoms with E-state index in [1.807, 2.05) is 0 Å². The average molecular weight is 615 g/mol. The molecule has 3 aromatic carbocycles. The van der Waals surface area contributed by atoms with Crippen LogP contribution in [0.15, 0.2) is 90.0 Å². The van der Waals surface area contributed by atoms with Gasteiger partial charge in [0.25, 0.3) is 0 Å². The van der Waals surface area contributed by atoms with Crippen molar-refractivity contribution in [1.82, 2.24) is 0 Å². The van der Waals surface area contributed by atoms with Crippen LogP contribution in [0.5, 0.6) is 5.75 Å². The van der Waals surface area contributed by atoms with Gasteiger partial charge in [0.2, 0.25) is 23.6 Å². The van der Waals surface area contributed by atoms with E-state index >= 15 is 0 Å². The van der Waals surface area contributed by atoms with Gasteiger partial charge in [-0.1, -0.05) is 66.0 Å². The number of carbonyl (C=O) groups is 5. The van der Waals surface area contributed by atoms with Crippen molar-refractivity contribution >= 4 is 64.2 Å². The van der Waals surface area contributed by atoms with E-state index in [0.29, 0.717) is 15.6 Å². The summed E-state index contributed by atoms with van der Waals surface area (Å²) in [4.78, 5) is 73.1. The molecule has 43 heavy (non-hydrogen) atoms. The minimum Gasteiger partial charge on any atom is -0.423 e. The number of rotatable bonds is 4. The second-order valence-corrected chi connectivity index (χ2v) is 12.4. The smallest absolute Gasteiger partial charge is 0.339 e. The molecule has 0 radical (unpaired) electrons. The van der Waals surface area contributed by atoms with Crippen molar-refractivity contribution in [2.75, 3.05) is 9.80 Å². The number of hydrogen-bond donors (Lipinski definition) is 0. The molecule has 1 saturated carbocycles. The van der Waals surface area contributed by atoms with E-state index in [2.05, 4.69) is 0 Å². The fourth-order valence-corrected chi connectivity index (χ4v) is 8.36. The highest BCUT2D eigenvalue weighted by molar-refractivity contribution is 6.32. The molecule has 8 nitrogen and oxygen atoms in total. The molecule has 0 N–H and O–H groups in total. The summed E-state index contributed by atoms with van der Waals surface area (Å²) in [5.74, 6) is -7.56. The molecule has 216 valence electrons. The van der Waals surface area contributed by atoms with Crippen LogP contribution in [-0.4, -0.2) is 29.6 Å². The summed E-state index contributed by atoms with van der Waals surface area (Å²) < 4.78 is 5.77. The summed E-state index contributed by atoms with van der Waals surface area (Å²) in [5, 5.41) is 0.672. The van der Waals surface area contributed by atoms with Crippen LogP contribution in [-0.2, 0) is 24.0 Å². The molecule has 10 heteroatoms. The molecule has 3 aromatic rings. The molecule has 2 aliphatic heterocycles. The molecule has 8 rings (SSSR count). The zero-order valence-electron chi connectivity index (χ0n) is 23.0. The Balaban J connectivity index is 1.41. The number of benzene rings is 3. The first-order valence-electron chi connectivity index (χ1n) is 13.8. The van der Waals surface area contributed by atoms with Gasteiger partial charge >= 0.3 is 5.97 Å². The summed E-state index contributed by atoms with van der Waals surface area (Å²) in [6, 6.07) is 21.2. The molecule has 0 spiro atoms. The molecule has 0 aromatic heterocycles. The van der Waals surface area contributed by atoms with E-state index in [9.17, 15) is 24.0 Å². The molecular formula is C33H24Cl2N2O6. The average Bonchev–Trinajstić information content (AvgIpc) is 3.39. The fraction of sp³-hybridized carbons (Fsp3) is 0.242. The third-order valence-electron chi connectivity index (χ3n) is 9.49. The molecule has 2 bridgehead atoms. The van der Waals surface area contributed by atoms with E-state index in [1.54, 1.807) is 80.6 Å². The van der Waals surface area contributed by atoms with Crippen LogP contribution < -0.4 is 14.5 Å². The highest BCUT2D eigenvalue weighted by Crippen LogP contribution is 2.68. The van der Waals surface area contributed by atoms with Crippen LogP contribution in [0.2, 0.25) is 10.0 Å². The Morgan fingerprint density at radius 1 is 0.698 bits per heavy atom. The minimum atomic E-state index is -1.54. The number of halogens is 2. The van der Waals surface area contributed by atoms with Gasteiger partial charge in [0.1, 0.15) is 5.75 Å². The molecule has 4 amide bonds. The zero-order valence-corrected chi connectivity index (χ0v) is 24.5. The number of amides is 4. The van der Waals surface area contributed by atoms with Crippen molar-refractivity contribution in [3.63, 3.8) is 0 Å². The second-order valence-electron chi connectivity index (χ2n) is 11.6. The van der Waals surface area contributed by atoms with Crippen molar-refractivity contribution in [3.05, 3.63) is 100 Å². The maximum Gasteiger partial charge on any atom is 0.339 e. The standard InChI is InChI=1S/C33H24Cl2N2O6/c1-16-22-23-26(30(40)36(28(23)38)19-10-6-8-17(34)14-19)33(2,25(16)32(42)43-21-12-4-3-5-13-21)27-24(22)29(39)37(31(27)41)20-11-7-9-18(35)15-20/h3-15,22-24,26-27H,1-2H3/t22?,23-,24+,26-,27-,33?/m1/s1. The summed E-state index contributed by atoms with van der Waals surface area (Å²) in [6.07, 6.45) is 0. The molecule has 6 atom stereocenters. The van der Waals surface area contributed by atoms with Gasteiger partial charge in [-0.3, -0.25) is 19.2 Å². The number of esters is 1. The third kappa shape index (κ3) is 3.72. The van der Waals surface area contributed by atoms with Crippen LogP contribution in [0.1, 0.15) is 13.8 Å². The number of carbonyl (C=O) groups excluding carboxylic acids is 5. The lowest BCUT2D eigenvalue weighted by Crippen LogP contribution is -2.61. The second kappa shape index (κ2) is 9.62. The van der Waals surface area contributed by atoms with Gasteiger partial charge in [-0.2, -0.15) is 0 Å². The molecule has 2 unspecified atom stereocenters. The lowest BCUT2D eigenvalue weighted by molar-refractivity contribution is -0.152. The maximum atomic E-state index is 14.3. The van der Waals surface area contributed by atoms with E-state index in [1.165, 1.54) is 12.1 Å². The highest BCUT2D eigenvalue weighted by Gasteiger charge is 2.77. The van der Waals surface area contributed by atoms with E-state index in [0.717, 1.165) is 9.80 Å². The lowest BCUT2D eigenvalue weighted by Gasteiger charge is -2.55.